The summed E-state index contributed by atoms with van der Waals surface area (Å²) in [4.78, 5) is 11.7. The summed E-state index contributed by atoms with van der Waals surface area (Å²) in [6.07, 6.45) is -0.407. The molecule has 5 nitrogen and oxygen atoms in total. The fourth-order valence-electron chi connectivity index (χ4n) is 1.84. The highest BCUT2D eigenvalue weighted by Gasteiger charge is 2.16. The van der Waals surface area contributed by atoms with Gasteiger partial charge in [0.15, 0.2) is 0 Å². The first-order valence-electron chi connectivity index (χ1n) is 8.12. The summed E-state index contributed by atoms with van der Waals surface area (Å²) in [6.45, 7) is 12.9. The van der Waals surface area contributed by atoms with Crippen LogP contribution >= 0.6 is 0 Å². The Kier molecular flexibility index (Phi) is 7.20. The molecule has 1 rings (SSSR count). The Labute approximate surface area is 139 Å². The van der Waals surface area contributed by atoms with Gasteiger partial charge < -0.3 is 20.1 Å². The van der Waals surface area contributed by atoms with Crippen LogP contribution in [-0.4, -0.2) is 30.9 Å². The van der Waals surface area contributed by atoms with Crippen LogP contribution in [0.3, 0.4) is 0 Å². The molecule has 0 aliphatic carbocycles. The van der Waals surface area contributed by atoms with Gasteiger partial charge in [0.2, 0.25) is 0 Å². The molecule has 1 amide bonds. The monoisotopic (exact) mass is 322 g/mol. The average molecular weight is 322 g/mol. The second kappa shape index (κ2) is 8.65. The number of hydrogen-bond acceptors (Lipinski definition) is 4. The lowest BCUT2D eigenvalue weighted by atomic mass is 10.2. The number of benzene rings is 1. The van der Waals surface area contributed by atoms with Gasteiger partial charge in [-0.25, -0.2) is 4.79 Å². The third-order valence-electron chi connectivity index (χ3n) is 2.81. The van der Waals surface area contributed by atoms with Crippen molar-refractivity contribution in [3.8, 4) is 5.75 Å². The molecule has 0 aliphatic rings. The van der Waals surface area contributed by atoms with Crippen LogP contribution in [0.2, 0.25) is 0 Å². The summed E-state index contributed by atoms with van der Waals surface area (Å²) in [6, 6.07) is 7.87. The van der Waals surface area contributed by atoms with Crippen LogP contribution in [0, 0.1) is 5.92 Å². The molecule has 1 aromatic carbocycles. The van der Waals surface area contributed by atoms with Gasteiger partial charge in [0.1, 0.15) is 11.4 Å². The summed E-state index contributed by atoms with van der Waals surface area (Å²) in [5.74, 6) is 1.29. The van der Waals surface area contributed by atoms with Crippen LogP contribution in [0.1, 0.15) is 41.5 Å². The van der Waals surface area contributed by atoms with E-state index < -0.39 is 11.7 Å². The van der Waals surface area contributed by atoms with Gasteiger partial charge in [0.25, 0.3) is 0 Å². The zero-order valence-corrected chi connectivity index (χ0v) is 15.1. The minimum atomic E-state index is -0.488. The molecule has 130 valence electrons. The van der Waals surface area contributed by atoms with E-state index in [-0.39, 0.29) is 6.04 Å². The van der Waals surface area contributed by atoms with Crippen molar-refractivity contribution < 1.29 is 14.3 Å². The van der Waals surface area contributed by atoms with Crippen molar-refractivity contribution >= 4 is 11.8 Å². The number of amides is 1. The van der Waals surface area contributed by atoms with E-state index in [1.807, 2.05) is 52.0 Å². The maximum absolute atomic E-state index is 11.7. The van der Waals surface area contributed by atoms with E-state index in [9.17, 15) is 4.79 Å². The van der Waals surface area contributed by atoms with E-state index in [1.54, 1.807) is 0 Å². The molecule has 0 aliphatic heterocycles. The quantitative estimate of drug-likeness (QED) is 0.795. The molecule has 0 radical (unpaired) electrons. The molecule has 5 heteroatoms. The highest BCUT2D eigenvalue weighted by Crippen LogP contribution is 2.24. The summed E-state index contributed by atoms with van der Waals surface area (Å²) in [5.41, 5.74) is 0.435. The molecule has 0 saturated heterocycles. The van der Waals surface area contributed by atoms with Crippen molar-refractivity contribution in [3.05, 3.63) is 24.3 Å². The molecule has 0 aromatic heterocycles. The van der Waals surface area contributed by atoms with Crippen LogP contribution in [0.15, 0.2) is 24.3 Å². The third-order valence-corrected chi connectivity index (χ3v) is 2.81. The molecule has 1 unspecified atom stereocenters. The summed E-state index contributed by atoms with van der Waals surface area (Å²) in [5, 5.41) is 6.12. The fraction of sp³-hybridized carbons (Fsp3) is 0.611. The summed E-state index contributed by atoms with van der Waals surface area (Å²) >= 11 is 0. The molecule has 1 atom stereocenters. The van der Waals surface area contributed by atoms with Gasteiger partial charge in [-0.3, -0.25) is 0 Å². The van der Waals surface area contributed by atoms with Gasteiger partial charge in [-0.05, 0) is 45.7 Å². The Bertz CT molecular complexity index is 495. The number of para-hydroxylation sites is 2. The molecule has 23 heavy (non-hydrogen) atoms. The topological polar surface area (TPSA) is 59.6 Å². The molecule has 0 fully saturated rings. The highest BCUT2D eigenvalue weighted by atomic mass is 16.6. The van der Waals surface area contributed by atoms with Gasteiger partial charge in [-0.15, -0.1) is 0 Å². The van der Waals surface area contributed by atoms with Gasteiger partial charge in [-0.1, -0.05) is 26.0 Å². The normalized spacial score (nSPS) is 12.7. The van der Waals surface area contributed by atoms with E-state index in [1.165, 1.54) is 0 Å². The summed E-state index contributed by atoms with van der Waals surface area (Å²) in [7, 11) is 0. The zero-order valence-electron chi connectivity index (χ0n) is 15.1. The van der Waals surface area contributed by atoms with Crippen LogP contribution in [0.4, 0.5) is 10.5 Å². The molecular weight excluding hydrogens is 292 g/mol. The van der Waals surface area contributed by atoms with Gasteiger partial charge in [0, 0.05) is 12.6 Å². The van der Waals surface area contributed by atoms with Gasteiger partial charge in [-0.2, -0.15) is 0 Å². The van der Waals surface area contributed by atoms with Crippen molar-refractivity contribution in [2.75, 3.05) is 18.5 Å². The molecule has 0 bridgehead atoms. The minimum Gasteiger partial charge on any atom is -0.491 e. The fourth-order valence-corrected chi connectivity index (χ4v) is 1.84. The van der Waals surface area contributed by atoms with Crippen molar-refractivity contribution in [1.82, 2.24) is 5.32 Å². The van der Waals surface area contributed by atoms with E-state index >= 15 is 0 Å². The van der Waals surface area contributed by atoms with Gasteiger partial charge in [0.05, 0.1) is 12.3 Å². The highest BCUT2D eigenvalue weighted by molar-refractivity contribution is 5.67. The lowest BCUT2D eigenvalue weighted by Crippen LogP contribution is -2.38. The van der Waals surface area contributed by atoms with E-state index in [2.05, 4.69) is 24.5 Å². The van der Waals surface area contributed by atoms with E-state index in [0.717, 1.165) is 11.4 Å². The molecule has 1 aromatic rings. The van der Waals surface area contributed by atoms with Gasteiger partial charge >= 0.3 is 6.09 Å². The van der Waals surface area contributed by atoms with Crippen molar-refractivity contribution in [1.29, 1.82) is 0 Å². The van der Waals surface area contributed by atoms with Crippen molar-refractivity contribution in [2.24, 2.45) is 5.92 Å². The predicted octanol–water partition coefficient (Wildman–Crippen LogP) is 4.05. The number of hydrogen-bond donors (Lipinski definition) is 2. The first-order chi connectivity index (χ1) is 10.7. The lowest BCUT2D eigenvalue weighted by molar-refractivity contribution is 0.0526. The number of anilines is 1. The SMILES string of the molecule is CC(C)COc1ccccc1NC(C)CNC(=O)OC(C)(C)C. The lowest BCUT2D eigenvalue weighted by Gasteiger charge is -2.22. The number of carbonyl (C=O) groups excluding carboxylic acids is 1. The largest absolute Gasteiger partial charge is 0.491 e. The van der Waals surface area contributed by atoms with Crippen molar-refractivity contribution in [2.45, 2.75) is 53.2 Å². The Balaban J connectivity index is 2.51. The molecule has 2 N–H and O–H groups in total. The van der Waals surface area contributed by atoms with Crippen LogP contribution < -0.4 is 15.4 Å². The Morgan fingerprint density at radius 3 is 2.43 bits per heavy atom. The van der Waals surface area contributed by atoms with E-state index in [0.29, 0.717) is 19.1 Å². The average Bonchev–Trinajstić information content (AvgIpc) is 2.42. The second-order valence-corrected chi connectivity index (χ2v) is 7.13. The standard InChI is InChI=1S/C18H30N2O3/c1-13(2)12-22-16-10-8-7-9-15(16)20-14(3)11-19-17(21)23-18(4,5)6/h7-10,13-14,20H,11-12H2,1-6H3,(H,19,21). The van der Waals surface area contributed by atoms with E-state index in [4.69, 9.17) is 9.47 Å². The number of ether oxygens (including phenoxy) is 2. The molecule has 0 heterocycles. The Morgan fingerprint density at radius 2 is 1.83 bits per heavy atom. The second-order valence-electron chi connectivity index (χ2n) is 7.13. The smallest absolute Gasteiger partial charge is 0.407 e. The first kappa shape index (κ1) is 19.1. The van der Waals surface area contributed by atoms with Crippen LogP contribution in [0.5, 0.6) is 5.75 Å². The molecule has 0 saturated carbocycles. The Morgan fingerprint density at radius 1 is 1.17 bits per heavy atom. The van der Waals surface area contributed by atoms with Crippen LogP contribution in [-0.2, 0) is 4.74 Å². The number of nitrogens with one attached hydrogen (secondary N) is 2. The summed E-state index contributed by atoms with van der Waals surface area (Å²) < 4.78 is 11.0. The minimum absolute atomic E-state index is 0.0475. The van der Waals surface area contributed by atoms with Crippen LogP contribution in [0.25, 0.3) is 0 Å². The number of carbonyl (C=O) groups is 1. The predicted molar refractivity (Wildman–Crippen MR) is 94.1 cm³/mol. The third kappa shape index (κ3) is 8.33. The molecule has 0 spiro atoms. The maximum atomic E-state index is 11.7. The number of alkyl carbamates (subject to hydrolysis) is 1. The maximum Gasteiger partial charge on any atom is 0.407 e. The molecular formula is C18H30N2O3. The zero-order chi connectivity index (χ0) is 17.5. The number of rotatable bonds is 7. The van der Waals surface area contributed by atoms with Crippen molar-refractivity contribution in [3.63, 3.8) is 0 Å². The first-order valence-corrected chi connectivity index (χ1v) is 8.12. The Hall–Kier alpha value is -1.91.